The Morgan fingerprint density at radius 3 is 2.49 bits per heavy atom. The van der Waals surface area contributed by atoms with Gasteiger partial charge in [-0.15, -0.1) is 0 Å². The smallest absolute Gasteiger partial charge is 0.227 e. The minimum atomic E-state index is -3.49. The summed E-state index contributed by atoms with van der Waals surface area (Å²) in [6.45, 7) is 4.39. The van der Waals surface area contributed by atoms with Gasteiger partial charge >= 0.3 is 0 Å². The number of benzene rings is 2. The summed E-state index contributed by atoms with van der Waals surface area (Å²) in [5.74, 6) is -0.494. The van der Waals surface area contributed by atoms with Gasteiger partial charge in [-0.25, -0.2) is 8.42 Å². The van der Waals surface area contributed by atoms with Gasteiger partial charge in [-0.1, -0.05) is 18.2 Å². The molecule has 2 heterocycles. The Balaban J connectivity index is 1.25. The minimum absolute atomic E-state index is 0.0170. The molecule has 2 aliphatic heterocycles. The van der Waals surface area contributed by atoms with Crippen LogP contribution in [-0.4, -0.2) is 76.7 Å². The summed E-state index contributed by atoms with van der Waals surface area (Å²) in [7, 11) is -1.93. The predicted molar refractivity (Wildman–Crippen MR) is 135 cm³/mol. The van der Waals surface area contributed by atoms with E-state index in [1.165, 1.54) is 9.87 Å². The Labute approximate surface area is 206 Å². The van der Waals surface area contributed by atoms with Crippen LogP contribution >= 0.6 is 0 Å². The van der Waals surface area contributed by atoms with Crippen molar-refractivity contribution in [3.8, 4) is 5.75 Å². The van der Waals surface area contributed by atoms with Gasteiger partial charge in [0.05, 0.1) is 18.8 Å². The average molecular weight is 501 g/mol. The topological polar surface area (TPSA) is 99.3 Å². The first-order valence-electron chi connectivity index (χ1n) is 11.8. The van der Waals surface area contributed by atoms with Crippen LogP contribution in [0.4, 0.5) is 11.4 Å². The number of ether oxygens (including phenoxy) is 1. The number of hydrogen-bond acceptors (Lipinski definition) is 6. The molecule has 35 heavy (non-hydrogen) atoms. The van der Waals surface area contributed by atoms with E-state index in [0.717, 1.165) is 5.69 Å². The molecule has 2 fully saturated rings. The van der Waals surface area contributed by atoms with E-state index in [2.05, 4.69) is 16.3 Å². The van der Waals surface area contributed by atoms with Gasteiger partial charge in [-0.2, -0.15) is 4.31 Å². The maximum absolute atomic E-state index is 12.8. The SMILES string of the molecule is COc1cccc(N2CC(C(=O)NCCS(=O)(=O)N3CCN(c4cccc(C)c4)CC3)CC2=O)c1. The second-order valence-electron chi connectivity index (χ2n) is 8.94. The first kappa shape index (κ1) is 25.0. The fourth-order valence-electron chi connectivity index (χ4n) is 4.54. The van der Waals surface area contributed by atoms with Crippen molar-refractivity contribution < 1.29 is 22.7 Å². The third-order valence-electron chi connectivity index (χ3n) is 6.52. The molecule has 1 unspecified atom stereocenters. The van der Waals surface area contributed by atoms with Crippen molar-refractivity contribution in [3.05, 3.63) is 54.1 Å². The molecule has 2 aromatic rings. The van der Waals surface area contributed by atoms with E-state index in [-0.39, 0.29) is 37.1 Å². The van der Waals surface area contributed by atoms with E-state index in [9.17, 15) is 18.0 Å². The Morgan fingerprint density at radius 2 is 1.77 bits per heavy atom. The van der Waals surface area contributed by atoms with Crippen molar-refractivity contribution in [2.75, 3.05) is 61.9 Å². The molecule has 4 rings (SSSR count). The van der Waals surface area contributed by atoms with Crippen LogP contribution in [0.25, 0.3) is 0 Å². The van der Waals surface area contributed by atoms with Crippen LogP contribution < -0.4 is 19.9 Å². The fraction of sp³-hybridized carbons (Fsp3) is 0.440. The quantitative estimate of drug-likeness (QED) is 0.592. The molecular formula is C25H32N4O5S. The molecule has 2 aromatic carbocycles. The molecule has 1 N–H and O–H groups in total. The van der Waals surface area contributed by atoms with Gasteiger partial charge in [0.25, 0.3) is 0 Å². The van der Waals surface area contributed by atoms with Crippen molar-refractivity contribution in [1.82, 2.24) is 9.62 Å². The molecular weight excluding hydrogens is 468 g/mol. The van der Waals surface area contributed by atoms with E-state index in [0.29, 0.717) is 37.6 Å². The lowest BCUT2D eigenvalue weighted by atomic mass is 10.1. The minimum Gasteiger partial charge on any atom is -0.497 e. The van der Waals surface area contributed by atoms with Crippen LogP contribution in [0.5, 0.6) is 5.75 Å². The van der Waals surface area contributed by atoms with Crippen LogP contribution in [0.3, 0.4) is 0 Å². The summed E-state index contributed by atoms with van der Waals surface area (Å²) in [5, 5.41) is 2.72. The second-order valence-corrected chi connectivity index (χ2v) is 11.0. The number of nitrogens with zero attached hydrogens (tertiary/aromatic N) is 3. The maximum atomic E-state index is 12.8. The molecule has 1 atom stereocenters. The lowest BCUT2D eigenvalue weighted by Gasteiger charge is -2.35. The first-order valence-corrected chi connectivity index (χ1v) is 13.4. The standard InChI is InChI=1S/C25H32N4O5S/c1-19-5-3-6-21(15-19)27-10-12-28(13-11-27)35(32,33)14-9-26-25(31)20-16-24(30)29(18-20)22-7-4-8-23(17-22)34-2/h3-8,15,17,20H,9-14,16,18H2,1-2H3,(H,26,31). The second kappa shape index (κ2) is 10.7. The van der Waals surface area contributed by atoms with Gasteiger partial charge in [0.1, 0.15) is 5.75 Å². The summed E-state index contributed by atoms with van der Waals surface area (Å²) in [5.41, 5.74) is 2.95. The largest absolute Gasteiger partial charge is 0.497 e. The van der Waals surface area contributed by atoms with E-state index in [1.807, 2.05) is 25.1 Å². The number of sulfonamides is 1. The molecule has 2 amide bonds. The number of rotatable bonds is 8. The molecule has 9 nitrogen and oxygen atoms in total. The molecule has 0 saturated carbocycles. The fourth-order valence-corrected chi connectivity index (χ4v) is 5.87. The maximum Gasteiger partial charge on any atom is 0.227 e. The predicted octanol–water partition coefficient (Wildman–Crippen LogP) is 1.62. The Bertz CT molecular complexity index is 1180. The van der Waals surface area contributed by atoms with Crippen LogP contribution in [-0.2, 0) is 19.6 Å². The van der Waals surface area contributed by atoms with Gasteiger partial charge in [0.2, 0.25) is 21.8 Å². The zero-order chi connectivity index (χ0) is 25.0. The van der Waals surface area contributed by atoms with Crippen molar-refractivity contribution in [2.24, 2.45) is 5.92 Å². The summed E-state index contributed by atoms with van der Waals surface area (Å²) in [6.07, 6.45) is 0.0940. The van der Waals surface area contributed by atoms with E-state index in [4.69, 9.17) is 4.74 Å². The number of hydrogen-bond donors (Lipinski definition) is 1. The molecule has 2 aliphatic rings. The molecule has 0 radical (unpaired) electrons. The van der Waals surface area contributed by atoms with Crippen molar-refractivity contribution in [1.29, 1.82) is 0 Å². The molecule has 2 saturated heterocycles. The highest BCUT2D eigenvalue weighted by Crippen LogP contribution is 2.28. The third-order valence-corrected chi connectivity index (χ3v) is 8.39. The number of nitrogens with one attached hydrogen (secondary N) is 1. The number of piperazine rings is 1. The molecule has 10 heteroatoms. The zero-order valence-corrected chi connectivity index (χ0v) is 21.0. The van der Waals surface area contributed by atoms with E-state index in [1.54, 1.807) is 36.3 Å². The number of methoxy groups -OCH3 is 1. The number of anilines is 2. The highest BCUT2D eigenvalue weighted by Gasteiger charge is 2.35. The van der Waals surface area contributed by atoms with Crippen molar-refractivity contribution in [3.63, 3.8) is 0 Å². The Kier molecular flexibility index (Phi) is 7.61. The van der Waals surface area contributed by atoms with Crippen LogP contribution in [0.2, 0.25) is 0 Å². The summed E-state index contributed by atoms with van der Waals surface area (Å²) in [6, 6.07) is 15.3. The zero-order valence-electron chi connectivity index (χ0n) is 20.1. The molecule has 0 spiro atoms. The average Bonchev–Trinajstić information content (AvgIpc) is 3.25. The van der Waals surface area contributed by atoms with E-state index < -0.39 is 15.9 Å². The summed E-state index contributed by atoms with van der Waals surface area (Å²) < 4.78 is 32.3. The summed E-state index contributed by atoms with van der Waals surface area (Å²) in [4.78, 5) is 28.9. The Hall–Kier alpha value is -3.11. The van der Waals surface area contributed by atoms with Crippen LogP contribution in [0.15, 0.2) is 48.5 Å². The number of carbonyl (C=O) groups excluding carboxylic acids is 2. The van der Waals surface area contributed by atoms with Gasteiger partial charge in [0, 0.05) is 63.1 Å². The third kappa shape index (κ3) is 5.94. The lowest BCUT2D eigenvalue weighted by Crippen LogP contribution is -2.50. The number of carbonyl (C=O) groups is 2. The van der Waals surface area contributed by atoms with E-state index >= 15 is 0 Å². The monoisotopic (exact) mass is 500 g/mol. The van der Waals surface area contributed by atoms with Gasteiger partial charge in [-0.3, -0.25) is 9.59 Å². The normalized spacial score (nSPS) is 19.1. The number of aryl methyl sites for hydroxylation is 1. The highest BCUT2D eigenvalue weighted by atomic mass is 32.2. The Morgan fingerprint density at radius 1 is 1.06 bits per heavy atom. The first-order chi connectivity index (χ1) is 16.8. The summed E-state index contributed by atoms with van der Waals surface area (Å²) >= 11 is 0. The van der Waals surface area contributed by atoms with Gasteiger partial charge in [-0.05, 0) is 36.8 Å². The van der Waals surface area contributed by atoms with Crippen molar-refractivity contribution >= 4 is 33.2 Å². The van der Waals surface area contributed by atoms with Gasteiger partial charge < -0.3 is 19.9 Å². The van der Waals surface area contributed by atoms with Gasteiger partial charge in [0.15, 0.2) is 0 Å². The lowest BCUT2D eigenvalue weighted by molar-refractivity contribution is -0.126. The van der Waals surface area contributed by atoms with Crippen LogP contribution in [0, 0.1) is 12.8 Å². The molecule has 0 aromatic heterocycles. The highest BCUT2D eigenvalue weighted by molar-refractivity contribution is 7.89. The molecule has 0 aliphatic carbocycles. The molecule has 188 valence electrons. The molecule has 0 bridgehead atoms. The van der Waals surface area contributed by atoms with Crippen LogP contribution in [0.1, 0.15) is 12.0 Å². The van der Waals surface area contributed by atoms with Crippen molar-refractivity contribution in [2.45, 2.75) is 13.3 Å². The number of amides is 2.